The molecule has 2 N–H and O–H groups in total. The molecule has 0 aliphatic rings. The SMILES string of the molecule is COc1ccc(C(=O)Nc2ccccc2C(=O)Nc2cccnc2)cc1[N+](=O)[O-]. The molecule has 1 aromatic heterocycles. The number of ether oxygens (including phenoxy) is 1. The summed E-state index contributed by atoms with van der Waals surface area (Å²) in [5.74, 6) is -0.991. The summed E-state index contributed by atoms with van der Waals surface area (Å²) in [7, 11) is 1.30. The lowest BCUT2D eigenvalue weighted by molar-refractivity contribution is -0.385. The van der Waals surface area contributed by atoms with Gasteiger partial charge in [-0.3, -0.25) is 24.7 Å². The zero-order valence-corrected chi connectivity index (χ0v) is 15.3. The molecule has 9 heteroatoms. The quantitative estimate of drug-likeness (QED) is 0.489. The lowest BCUT2D eigenvalue weighted by atomic mass is 10.1. The Hall–Kier alpha value is -4.27. The van der Waals surface area contributed by atoms with Crippen LogP contribution < -0.4 is 15.4 Å². The third kappa shape index (κ3) is 4.53. The van der Waals surface area contributed by atoms with Crippen LogP contribution in [0.4, 0.5) is 17.1 Å². The van der Waals surface area contributed by atoms with E-state index in [9.17, 15) is 19.7 Å². The van der Waals surface area contributed by atoms with Crippen molar-refractivity contribution in [2.45, 2.75) is 0 Å². The Morgan fingerprint density at radius 2 is 1.83 bits per heavy atom. The minimum atomic E-state index is -0.634. The fourth-order valence-corrected chi connectivity index (χ4v) is 2.59. The lowest BCUT2D eigenvalue weighted by Crippen LogP contribution is -2.18. The van der Waals surface area contributed by atoms with Gasteiger partial charge in [0.05, 0.1) is 35.2 Å². The van der Waals surface area contributed by atoms with Crippen molar-refractivity contribution in [3.63, 3.8) is 0 Å². The number of carbonyl (C=O) groups is 2. The number of benzene rings is 2. The fraction of sp³-hybridized carbons (Fsp3) is 0.0500. The first-order valence-electron chi connectivity index (χ1n) is 8.44. The van der Waals surface area contributed by atoms with Crippen molar-refractivity contribution >= 4 is 28.9 Å². The molecule has 0 fully saturated rings. The predicted molar refractivity (Wildman–Crippen MR) is 106 cm³/mol. The second-order valence-electron chi connectivity index (χ2n) is 5.84. The number of pyridine rings is 1. The van der Waals surface area contributed by atoms with Crippen molar-refractivity contribution in [3.05, 3.63) is 88.2 Å². The summed E-state index contributed by atoms with van der Waals surface area (Å²) < 4.78 is 4.94. The largest absolute Gasteiger partial charge is 0.490 e. The zero-order valence-electron chi connectivity index (χ0n) is 15.3. The van der Waals surface area contributed by atoms with E-state index in [1.54, 1.807) is 42.6 Å². The van der Waals surface area contributed by atoms with Crippen LogP contribution in [0.15, 0.2) is 67.0 Å². The second-order valence-corrected chi connectivity index (χ2v) is 5.84. The van der Waals surface area contributed by atoms with Gasteiger partial charge >= 0.3 is 5.69 Å². The number of nitro groups is 1. The number of nitro benzene ring substituents is 1. The fourth-order valence-electron chi connectivity index (χ4n) is 2.59. The topological polar surface area (TPSA) is 123 Å². The first-order valence-corrected chi connectivity index (χ1v) is 8.44. The van der Waals surface area contributed by atoms with Crippen LogP contribution in [-0.4, -0.2) is 28.8 Å². The van der Waals surface area contributed by atoms with Gasteiger partial charge in [0.2, 0.25) is 0 Å². The molecule has 0 saturated heterocycles. The van der Waals surface area contributed by atoms with Crippen molar-refractivity contribution in [1.29, 1.82) is 0 Å². The Labute approximate surface area is 165 Å². The number of amides is 2. The average molecular weight is 392 g/mol. The van der Waals surface area contributed by atoms with Crippen LogP contribution in [0.1, 0.15) is 20.7 Å². The van der Waals surface area contributed by atoms with Gasteiger partial charge in [-0.05, 0) is 36.4 Å². The number of carbonyl (C=O) groups excluding carboxylic acids is 2. The Kier molecular flexibility index (Phi) is 5.79. The minimum absolute atomic E-state index is 0.0443. The molecule has 0 radical (unpaired) electrons. The van der Waals surface area contributed by atoms with E-state index in [-0.39, 0.29) is 28.3 Å². The van der Waals surface area contributed by atoms with Crippen molar-refractivity contribution in [2.75, 3.05) is 17.7 Å². The third-order valence-corrected chi connectivity index (χ3v) is 3.98. The third-order valence-electron chi connectivity index (χ3n) is 3.98. The van der Waals surface area contributed by atoms with Crippen molar-refractivity contribution in [1.82, 2.24) is 4.98 Å². The number of rotatable bonds is 6. The summed E-state index contributed by atoms with van der Waals surface area (Å²) in [5, 5.41) is 16.5. The number of aromatic nitrogens is 1. The Morgan fingerprint density at radius 3 is 2.52 bits per heavy atom. The molecule has 1 heterocycles. The van der Waals surface area contributed by atoms with Crippen LogP contribution in [0.2, 0.25) is 0 Å². The highest BCUT2D eigenvalue weighted by atomic mass is 16.6. The summed E-state index contributed by atoms with van der Waals surface area (Å²) in [4.78, 5) is 39.7. The number of anilines is 2. The highest BCUT2D eigenvalue weighted by Crippen LogP contribution is 2.28. The molecule has 0 aliphatic heterocycles. The number of nitrogens with zero attached hydrogens (tertiary/aromatic N) is 2. The van der Waals surface area contributed by atoms with E-state index in [1.807, 2.05) is 0 Å². The first kappa shape index (κ1) is 19.5. The zero-order chi connectivity index (χ0) is 20.8. The molecule has 3 rings (SSSR count). The molecule has 0 saturated carbocycles. The van der Waals surface area contributed by atoms with Crippen LogP contribution in [0, 0.1) is 10.1 Å². The van der Waals surface area contributed by atoms with Gasteiger partial charge in [0, 0.05) is 17.8 Å². The Morgan fingerprint density at radius 1 is 1.03 bits per heavy atom. The monoisotopic (exact) mass is 392 g/mol. The van der Waals surface area contributed by atoms with E-state index in [1.165, 1.54) is 25.4 Å². The van der Waals surface area contributed by atoms with Crippen molar-refractivity contribution in [3.8, 4) is 5.75 Å². The van der Waals surface area contributed by atoms with Gasteiger partial charge in [-0.15, -0.1) is 0 Å². The summed E-state index contributed by atoms with van der Waals surface area (Å²) in [6, 6.07) is 13.7. The highest BCUT2D eigenvalue weighted by Gasteiger charge is 2.19. The molecule has 0 unspecified atom stereocenters. The summed E-state index contributed by atoms with van der Waals surface area (Å²) in [6.07, 6.45) is 3.08. The molecule has 0 spiro atoms. The molecule has 3 aromatic rings. The van der Waals surface area contributed by atoms with Gasteiger partial charge in [0.1, 0.15) is 0 Å². The van der Waals surface area contributed by atoms with Crippen LogP contribution in [0.5, 0.6) is 5.75 Å². The molecule has 9 nitrogen and oxygen atoms in total. The minimum Gasteiger partial charge on any atom is -0.490 e. The van der Waals surface area contributed by atoms with Gasteiger partial charge in [0.25, 0.3) is 11.8 Å². The first-order chi connectivity index (χ1) is 14.0. The van der Waals surface area contributed by atoms with Crippen molar-refractivity contribution < 1.29 is 19.2 Å². The highest BCUT2D eigenvalue weighted by molar-refractivity contribution is 6.12. The number of nitrogens with one attached hydrogen (secondary N) is 2. The molecule has 2 amide bonds. The van der Waals surface area contributed by atoms with Crippen LogP contribution in [0.25, 0.3) is 0 Å². The Bertz CT molecular complexity index is 1070. The molecule has 29 heavy (non-hydrogen) atoms. The molecule has 2 aromatic carbocycles. The van der Waals surface area contributed by atoms with E-state index >= 15 is 0 Å². The maximum Gasteiger partial charge on any atom is 0.311 e. The maximum atomic E-state index is 12.6. The van der Waals surface area contributed by atoms with E-state index < -0.39 is 16.7 Å². The number of hydrogen-bond donors (Lipinski definition) is 2. The van der Waals surface area contributed by atoms with Gasteiger partial charge in [0.15, 0.2) is 5.75 Å². The van der Waals surface area contributed by atoms with Gasteiger partial charge in [-0.2, -0.15) is 0 Å². The van der Waals surface area contributed by atoms with Crippen LogP contribution in [-0.2, 0) is 0 Å². The number of hydrogen-bond acceptors (Lipinski definition) is 6. The lowest BCUT2D eigenvalue weighted by Gasteiger charge is -2.12. The van der Waals surface area contributed by atoms with Gasteiger partial charge < -0.3 is 15.4 Å². The molecule has 0 aliphatic carbocycles. The second kappa shape index (κ2) is 8.61. The standard InChI is InChI=1S/C20H16N4O5/c1-29-18-9-8-13(11-17(18)24(27)28)19(25)23-16-7-3-2-6-15(16)20(26)22-14-5-4-10-21-12-14/h2-12H,1H3,(H,22,26)(H,23,25). The molecule has 0 bridgehead atoms. The van der Waals surface area contributed by atoms with Gasteiger partial charge in [-0.25, -0.2) is 0 Å². The normalized spacial score (nSPS) is 10.1. The average Bonchev–Trinajstić information content (AvgIpc) is 2.74. The predicted octanol–water partition coefficient (Wildman–Crippen LogP) is 3.50. The van der Waals surface area contributed by atoms with Crippen LogP contribution in [0.3, 0.4) is 0 Å². The van der Waals surface area contributed by atoms with E-state index in [2.05, 4.69) is 15.6 Å². The van der Waals surface area contributed by atoms with Crippen molar-refractivity contribution in [2.24, 2.45) is 0 Å². The maximum absolute atomic E-state index is 12.6. The summed E-state index contributed by atoms with van der Waals surface area (Å²) in [6.45, 7) is 0. The molecular formula is C20H16N4O5. The van der Waals surface area contributed by atoms with Gasteiger partial charge in [-0.1, -0.05) is 12.1 Å². The Balaban J connectivity index is 1.84. The number of para-hydroxylation sites is 1. The van der Waals surface area contributed by atoms with E-state index in [0.717, 1.165) is 6.07 Å². The van der Waals surface area contributed by atoms with E-state index in [0.29, 0.717) is 5.69 Å². The molecule has 146 valence electrons. The number of methoxy groups -OCH3 is 1. The van der Waals surface area contributed by atoms with E-state index in [4.69, 9.17) is 4.74 Å². The smallest absolute Gasteiger partial charge is 0.311 e. The molecule has 0 atom stereocenters. The summed E-state index contributed by atoms with van der Waals surface area (Å²) >= 11 is 0. The van der Waals surface area contributed by atoms with Crippen LogP contribution >= 0.6 is 0 Å². The summed E-state index contributed by atoms with van der Waals surface area (Å²) in [5.41, 5.74) is 0.720. The molecular weight excluding hydrogens is 376 g/mol.